The SMILES string of the molecule is CCCNC1CCN(c2ccc(CCC)cc2)CC1C. The zero-order valence-corrected chi connectivity index (χ0v) is 13.4. The molecule has 1 N–H and O–H groups in total. The molecule has 20 heavy (non-hydrogen) atoms. The van der Waals surface area contributed by atoms with Crippen LogP contribution >= 0.6 is 0 Å². The predicted octanol–water partition coefficient (Wildman–Crippen LogP) is 3.85. The highest BCUT2D eigenvalue weighted by atomic mass is 15.2. The molecule has 0 amide bonds. The maximum Gasteiger partial charge on any atom is 0.0366 e. The lowest BCUT2D eigenvalue weighted by Crippen LogP contribution is -2.48. The maximum absolute atomic E-state index is 3.69. The first kappa shape index (κ1) is 15.4. The average molecular weight is 274 g/mol. The minimum Gasteiger partial charge on any atom is -0.371 e. The smallest absolute Gasteiger partial charge is 0.0366 e. The minimum atomic E-state index is 0.700. The van der Waals surface area contributed by atoms with E-state index in [-0.39, 0.29) is 0 Å². The summed E-state index contributed by atoms with van der Waals surface area (Å²) in [6, 6.07) is 9.90. The number of nitrogens with zero attached hydrogens (tertiary/aromatic N) is 1. The molecular formula is C18H30N2. The molecule has 1 aliphatic rings. The highest BCUT2D eigenvalue weighted by Gasteiger charge is 2.25. The average Bonchev–Trinajstić information content (AvgIpc) is 2.47. The second-order valence-electron chi connectivity index (χ2n) is 6.19. The number of anilines is 1. The molecule has 2 heteroatoms. The van der Waals surface area contributed by atoms with Crippen molar-refractivity contribution in [1.29, 1.82) is 0 Å². The van der Waals surface area contributed by atoms with Crippen molar-refractivity contribution in [3.8, 4) is 0 Å². The van der Waals surface area contributed by atoms with Gasteiger partial charge >= 0.3 is 0 Å². The van der Waals surface area contributed by atoms with Gasteiger partial charge in [0, 0.05) is 24.8 Å². The number of nitrogens with one attached hydrogen (secondary N) is 1. The molecular weight excluding hydrogens is 244 g/mol. The van der Waals surface area contributed by atoms with Gasteiger partial charge < -0.3 is 10.2 Å². The first-order valence-electron chi connectivity index (χ1n) is 8.31. The van der Waals surface area contributed by atoms with Crippen molar-refractivity contribution in [2.75, 3.05) is 24.5 Å². The van der Waals surface area contributed by atoms with Gasteiger partial charge in [-0.1, -0.05) is 39.3 Å². The number of aryl methyl sites for hydroxylation is 1. The van der Waals surface area contributed by atoms with E-state index < -0.39 is 0 Å². The lowest BCUT2D eigenvalue weighted by molar-refractivity contribution is 0.322. The Morgan fingerprint density at radius 2 is 1.90 bits per heavy atom. The molecule has 0 radical (unpaired) electrons. The topological polar surface area (TPSA) is 15.3 Å². The van der Waals surface area contributed by atoms with Crippen LogP contribution in [0.15, 0.2) is 24.3 Å². The first-order chi connectivity index (χ1) is 9.74. The highest BCUT2D eigenvalue weighted by molar-refractivity contribution is 5.48. The van der Waals surface area contributed by atoms with Crippen molar-refractivity contribution in [3.05, 3.63) is 29.8 Å². The lowest BCUT2D eigenvalue weighted by Gasteiger charge is -2.38. The summed E-state index contributed by atoms with van der Waals surface area (Å²) in [7, 11) is 0. The van der Waals surface area contributed by atoms with Crippen LogP contribution in [0.4, 0.5) is 5.69 Å². The van der Waals surface area contributed by atoms with E-state index in [2.05, 4.69) is 55.3 Å². The Bertz CT molecular complexity index is 385. The molecule has 0 spiro atoms. The van der Waals surface area contributed by atoms with Crippen LogP contribution in [0.1, 0.15) is 45.6 Å². The molecule has 2 nitrogen and oxygen atoms in total. The van der Waals surface area contributed by atoms with E-state index in [0.29, 0.717) is 6.04 Å². The van der Waals surface area contributed by atoms with E-state index in [9.17, 15) is 0 Å². The van der Waals surface area contributed by atoms with Crippen molar-refractivity contribution in [2.24, 2.45) is 5.92 Å². The van der Waals surface area contributed by atoms with Gasteiger partial charge in [0.25, 0.3) is 0 Å². The zero-order chi connectivity index (χ0) is 14.4. The van der Waals surface area contributed by atoms with Crippen LogP contribution in [0, 0.1) is 5.92 Å². The Balaban J connectivity index is 1.91. The largest absolute Gasteiger partial charge is 0.371 e. The van der Waals surface area contributed by atoms with Crippen LogP contribution in [0.3, 0.4) is 0 Å². The van der Waals surface area contributed by atoms with E-state index in [1.54, 1.807) is 0 Å². The van der Waals surface area contributed by atoms with Crippen LogP contribution in [0.5, 0.6) is 0 Å². The van der Waals surface area contributed by atoms with Gasteiger partial charge in [0.05, 0.1) is 0 Å². The van der Waals surface area contributed by atoms with Gasteiger partial charge in [0.15, 0.2) is 0 Å². The van der Waals surface area contributed by atoms with Gasteiger partial charge in [0.2, 0.25) is 0 Å². The molecule has 2 rings (SSSR count). The third kappa shape index (κ3) is 3.99. The zero-order valence-electron chi connectivity index (χ0n) is 13.4. The Kier molecular flexibility index (Phi) is 5.90. The predicted molar refractivity (Wildman–Crippen MR) is 88.5 cm³/mol. The Morgan fingerprint density at radius 3 is 2.50 bits per heavy atom. The molecule has 2 unspecified atom stereocenters. The van der Waals surface area contributed by atoms with Crippen LogP contribution in [0.25, 0.3) is 0 Å². The maximum atomic E-state index is 3.69. The molecule has 1 saturated heterocycles. The van der Waals surface area contributed by atoms with Gasteiger partial charge in [-0.25, -0.2) is 0 Å². The summed E-state index contributed by atoms with van der Waals surface area (Å²) >= 11 is 0. The molecule has 0 saturated carbocycles. The van der Waals surface area contributed by atoms with Gasteiger partial charge in [-0.3, -0.25) is 0 Å². The molecule has 1 heterocycles. The summed E-state index contributed by atoms with van der Waals surface area (Å²) in [4.78, 5) is 2.55. The standard InChI is InChI=1S/C18H30N2/c1-4-6-16-7-9-17(10-8-16)20-13-11-18(15(3)14-20)19-12-5-2/h7-10,15,18-19H,4-6,11-14H2,1-3H3. The number of hydrogen-bond donors (Lipinski definition) is 1. The summed E-state index contributed by atoms with van der Waals surface area (Å²) < 4.78 is 0. The Morgan fingerprint density at radius 1 is 1.15 bits per heavy atom. The van der Waals surface area contributed by atoms with E-state index in [0.717, 1.165) is 12.5 Å². The van der Waals surface area contributed by atoms with Crippen LogP contribution in [-0.2, 0) is 6.42 Å². The van der Waals surface area contributed by atoms with Crippen LogP contribution < -0.4 is 10.2 Å². The molecule has 1 aromatic carbocycles. The van der Waals surface area contributed by atoms with E-state index in [1.807, 2.05) is 0 Å². The van der Waals surface area contributed by atoms with E-state index in [1.165, 1.54) is 50.0 Å². The molecule has 0 aliphatic carbocycles. The summed E-state index contributed by atoms with van der Waals surface area (Å²) in [6.45, 7) is 10.4. The number of benzene rings is 1. The third-order valence-corrected chi connectivity index (χ3v) is 4.40. The fourth-order valence-corrected chi connectivity index (χ4v) is 3.18. The van der Waals surface area contributed by atoms with Gasteiger partial charge in [-0.15, -0.1) is 0 Å². The van der Waals surface area contributed by atoms with Crippen molar-refractivity contribution < 1.29 is 0 Å². The van der Waals surface area contributed by atoms with E-state index in [4.69, 9.17) is 0 Å². The van der Waals surface area contributed by atoms with Gasteiger partial charge in [0.1, 0.15) is 0 Å². The number of piperidine rings is 1. The highest BCUT2D eigenvalue weighted by Crippen LogP contribution is 2.24. The quantitative estimate of drug-likeness (QED) is 0.847. The molecule has 0 aromatic heterocycles. The first-order valence-corrected chi connectivity index (χ1v) is 8.31. The van der Waals surface area contributed by atoms with Crippen LogP contribution in [-0.4, -0.2) is 25.7 Å². The third-order valence-electron chi connectivity index (χ3n) is 4.40. The summed E-state index contributed by atoms with van der Waals surface area (Å²) in [6.07, 6.45) is 4.91. The second-order valence-corrected chi connectivity index (χ2v) is 6.19. The van der Waals surface area contributed by atoms with Crippen LogP contribution in [0.2, 0.25) is 0 Å². The Hall–Kier alpha value is -1.02. The fraction of sp³-hybridized carbons (Fsp3) is 0.667. The van der Waals surface area contributed by atoms with Gasteiger partial charge in [-0.05, 0) is 49.4 Å². The molecule has 1 aromatic rings. The van der Waals surface area contributed by atoms with Crippen molar-refractivity contribution in [3.63, 3.8) is 0 Å². The number of rotatable bonds is 6. The van der Waals surface area contributed by atoms with E-state index >= 15 is 0 Å². The lowest BCUT2D eigenvalue weighted by atomic mass is 9.93. The summed E-state index contributed by atoms with van der Waals surface area (Å²) in [5, 5.41) is 3.69. The second kappa shape index (κ2) is 7.68. The number of hydrogen-bond acceptors (Lipinski definition) is 2. The summed E-state index contributed by atoms with van der Waals surface area (Å²) in [5.41, 5.74) is 2.86. The van der Waals surface area contributed by atoms with Crippen molar-refractivity contribution in [1.82, 2.24) is 5.32 Å². The van der Waals surface area contributed by atoms with Crippen molar-refractivity contribution in [2.45, 2.75) is 52.5 Å². The minimum absolute atomic E-state index is 0.700. The fourth-order valence-electron chi connectivity index (χ4n) is 3.18. The Labute approximate surface area is 124 Å². The van der Waals surface area contributed by atoms with Gasteiger partial charge in [-0.2, -0.15) is 0 Å². The van der Waals surface area contributed by atoms with Crippen molar-refractivity contribution >= 4 is 5.69 Å². The molecule has 112 valence electrons. The molecule has 1 fully saturated rings. The monoisotopic (exact) mass is 274 g/mol. The molecule has 1 aliphatic heterocycles. The molecule has 0 bridgehead atoms. The summed E-state index contributed by atoms with van der Waals surface area (Å²) in [5.74, 6) is 0.727. The molecule has 2 atom stereocenters. The normalized spacial score (nSPS) is 23.1.